The summed E-state index contributed by atoms with van der Waals surface area (Å²) in [6.45, 7) is 11.1. The summed E-state index contributed by atoms with van der Waals surface area (Å²) in [7, 11) is -3.90. The van der Waals surface area contributed by atoms with Gasteiger partial charge in [-0.2, -0.15) is 0 Å². The molecule has 29 heavy (non-hydrogen) atoms. The number of nitrogens with zero attached hydrogens (tertiary/aromatic N) is 2. The summed E-state index contributed by atoms with van der Waals surface area (Å²) < 4.78 is 28.4. The van der Waals surface area contributed by atoms with Gasteiger partial charge in [-0.1, -0.05) is 35.4 Å². The molecule has 156 valence electrons. The van der Waals surface area contributed by atoms with Gasteiger partial charge >= 0.3 is 0 Å². The second-order valence-corrected chi connectivity index (χ2v) is 9.28. The second-order valence-electron chi connectivity index (χ2n) is 7.60. The maximum absolute atomic E-state index is 13.2. The minimum atomic E-state index is -3.90. The van der Waals surface area contributed by atoms with Gasteiger partial charge in [0.1, 0.15) is 0 Å². The van der Waals surface area contributed by atoms with Crippen LogP contribution in [0.2, 0.25) is 0 Å². The van der Waals surface area contributed by atoms with Gasteiger partial charge < -0.3 is 0 Å². The van der Waals surface area contributed by atoms with E-state index in [0.29, 0.717) is 5.56 Å². The lowest BCUT2D eigenvalue weighted by Gasteiger charge is -2.29. The Bertz CT molecular complexity index is 977. The van der Waals surface area contributed by atoms with Gasteiger partial charge in [-0.05, 0) is 65.8 Å². The summed E-state index contributed by atoms with van der Waals surface area (Å²) >= 11 is 0. The van der Waals surface area contributed by atoms with Crippen molar-refractivity contribution in [3.05, 3.63) is 65.2 Å². The van der Waals surface area contributed by atoms with Gasteiger partial charge in [0.15, 0.2) is 0 Å². The summed E-state index contributed by atoms with van der Waals surface area (Å²) in [5.41, 5.74) is 2.46. The number of aliphatic imine (C=N–C) groups is 1. The fourth-order valence-electron chi connectivity index (χ4n) is 2.69. The molecular weight excluding hydrogens is 386 g/mol. The number of hydrogen-bond acceptors (Lipinski definition) is 4. The summed E-state index contributed by atoms with van der Waals surface area (Å²) in [4.78, 5) is 19.1. The first-order valence-electron chi connectivity index (χ1n) is 9.59. The van der Waals surface area contributed by atoms with Crippen molar-refractivity contribution in [1.82, 2.24) is 9.62 Å². The molecule has 2 rings (SSSR count). The summed E-state index contributed by atoms with van der Waals surface area (Å²) in [6, 6.07) is 13.2. The van der Waals surface area contributed by atoms with Crippen LogP contribution in [0, 0.1) is 13.8 Å². The first-order chi connectivity index (χ1) is 13.5. The van der Waals surface area contributed by atoms with Gasteiger partial charge in [0, 0.05) is 17.6 Å². The molecule has 2 aromatic rings. The Kier molecular flexibility index (Phi) is 7.19. The van der Waals surface area contributed by atoms with Gasteiger partial charge in [0.05, 0.1) is 4.90 Å². The quantitative estimate of drug-likeness (QED) is 0.594. The Morgan fingerprint density at radius 2 is 1.38 bits per heavy atom. The highest BCUT2D eigenvalue weighted by molar-refractivity contribution is 7.90. The van der Waals surface area contributed by atoms with E-state index in [1.54, 1.807) is 24.3 Å². The van der Waals surface area contributed by atoms with Crippen molar-refractivity contribution in [2.75, 3.05) is 0 Å². The van der Waals surface area contributed by atoms with E-state index in [9.17, 15) is 13.2 Å². The Morgan fingerprint density at radius 1 is 0.897 bits per heavy atom. The predicted molar refractivity (Wildman–Crippen MR) is 117 cm³/mol. The van der Waals surface area contributed by atoms with Crippen LogP contribution in [0.4, 0.5) is 0 Å². The lowest BCUT2D eigenvalue weighted by atomic mass is 10.1. The highest BCUT2D eigenvalue weighted by Crippen LogP contribution is 2.14. The highest BCUT2D eigenvalue weighted by Gasteiger charge is 2.28. The van der Waals surface area contributed by atoms with Crippen molar-refractivity contribution in [3.8, 4) is 0 Å². The van der Waals surface area contributed by atoms with Gasteiger partial charge in [-0.3, -0.25) is 9.69 Å². The number of nitrogens with one attached hydrogen (secondary N) is 1. The van der Waals surface area contributed by atoms with Crippen LogP contribution in [0.15, 0.2) is 58.4 Å². The van der Waals surface area contributed by atoms with Gasteiger partial charge in [-0.25, -0.2) is 18.1 Å². The molecule has 0 saturated heterocycles. The van der Waals surface area contributed by atoms with E-state index in [1.165, 1.54) is 17.0 Å². The minimum absolute atomic E-state index is 0.0150. The van der Waals surface area contributed by atoms with E-state index < -0.39 is 10.0 Å². The highest BCUT2D eigenvalue weighted by atomic mass is 32.2. The first kappa shape index (κ1) is 22.6. The molecule has 0 aliphatic heterocycles. The fraction of sp³-hybridized carbons (Fsp3) is 0.364. The van der Waals surface area contributed by atoms with Crippen LogP contribution in [-0.2, 0) is 10.0 Å². The molecule has 2 aromatic carbocycles. The summed E-state index contributed by atoms with van der Waals surface area (Å²) in [5, 5.41) is 0. The molecule has 0 spiro atoms. The minimum Gasteiger partial charge on any atom is -0.275 e. The van der Waals surface area contributed by atoms with E-state index in [2.05, 4.69) is 9.71 Å². The van der Waals surface area contributed by atoms with Gasteiger partial charge in [-0.15, -0.1) is 0 Å². The zero-order valence-electron chi connectivity index (χ0n) is 17.8. The number of benzene rings is 2. The third-order valence-electron chi connectivity index (χ3n) is 4.20. The zero-order chi connectivity index (χ0) is 21.8. The number of aryl methyl sites for hydroxylation is 2. The Morgan fingerprint density at radius 3 is 1.83 bits per heavy atom. The molecule has 0 bridgehead atoms. The van der Waals surface area contributed by atoms with Crippen molar-refractivity contribution in [3.63, 3.8) is 0 Å². The molecule has 0 saturated carbocycles. The molecule has 0 unspecified atom stereocenters. The Labute approximate surface area is 173 Å². The number of guanidine groups is 1. The van der Waals surface area contributed by atoms with Crippen LogP contribution in [0.25, 0.3) is 0 Å². The molecule has 1 amide bonds. The topological polar surface area (TPSA) is 78.8 Å². The number of rotatable bonds is 5. The number of hydrogen-bond donors (Lipinski definition) is 1. The SMILES string of the molecule is Cc1ccc(C(=O)N(C(=NC(C)C)NS(=O)(=O)c2ccc(C)cc2)C(C)C)cc1. The van der Waals surface area contributed by atoms with E-state index in [4.69, 9.17) is 0 Å². The van der Waals surface area contributed by atoms with Gasteiger partial charge in [0.2, 0.25) is 5.96 Å². The Hall–Kier alpha value is -2.67. The molecule has 6 nitrogen and oxygen atoms in total. The largest absolute Gasteiger partial charge is 0.275 e. The van der Waals surface area contributed by atoms with Gasteiger partial charge in [0.25, 0.3) is 15.9 Å². The van der Waals surface area contributed by atoms with E-state index in [-0.39, 0.29) is 28.8 Å². The van der Waals surface area contributed by atoms with Crippen LogP contribution in [-0.4, -0.2) is 37.3 Å². The van der Waals surface area contributed by atoms with Crippen LogP contribution >= 0.6 is 0 Å². The van der Waals surface area contributed by atoms with Crippen LogP contribution in [0.5, 0.6) is 0 Å². The third-order valence-corrected chi connectivity index (χ3v) is 5.54. The number of carbonyl (C=O) groups is 1. The van der Waals surface area contributed by atoms with Crippen LogP contribution in [0.1, 0.15) is 49.2 Å². The number of carbonyl (C=O) groups excluding carboxylic acids is 1. The molecule has 0 fully saturated rings. The molecule has 0 aromatic heterocycles. The lowest BCUT2D eigenvalue weighted by molar-refractivity contribution is 0.0814. The smallest absolute Gasteiger partial charge is 0.264 e. The molecule has 7 heteroatoms. The average Bonchev–Trinajstić information content (AvgIpc) is 2.61. The second kappa shape index (κ2) is 9.22. The first-order valence-corrected chi connectivity index (χ1v) is 11.1. The molecule has 0 aliphatic rings. The fourth-order valence-corrected chi connectivity index (χ4v) is 3.69. The maximum atomic E-state index is 13.2. The predicted octanol–water partition coefficient (Wildman–Crippen LogP) is 3.90. The van der Waals surface area contributed by atoms with Crippen molar-refractivity contribution < 1.29 is 13.2 Å². The van der Waals surface area contributed by atoms with Crippen LogP contribution in [0.3, 0.4) is 0 Å². The van der Waals surface area contributed by atoms with E-state index in [0.717, 1.165) is 11.1 Å². The Balaban J connectivity index is 2.46. The van der Waals surface area contributed by atoms with Crippen molar-refractivity contribution in [1.29, 1.82) is 0 Å². The molecule has 1 N–H and O–H groups in total. The zero-order valence-corrected chi connectivity index (χ0v) is 18.6. The molecule has 0 radical (unpaired) electrons. The van der Waals surface area contributed by atoms with Crippen molar-refractivity contribution in [2.24, 2.45) is 4.99 Å². The maximum Gasteiger partial charge on any atom is 0.264 e. The molecule has 0 heterocycles. The average molecular weight is 416 g/mol. The van der Waals surface area contributed by atoms with Crippen molar-refractivity contribution in [2.45, 2.75) is 58.5 Å². The van der Waals surface area contributed by atoms with E-state index in [1.807, 2.05) is 53.7 Å². The molecule has 0 aliphatic carbocycles. The number of sulfonamides is 1. The molecule has 0 atom stereocenters. The number of amides is 1. The summed E-state index contributed by atoms with van der Waals surface area (Å²) in [6.07, 6.45) is 0. The van der Waals surface area contributed by atoms with Crippen molar-refractivity contribution >= 4 is 21.9 Å². The lowest BCUT2D eigenvalue weighted by Crippen LogP contribution is -2.50. The standard InChI is InChI=1S/C22H29N3O3S/c1-15(2)23-22(24-29(27,28)20-13-9-18(6)10-14-20)25(16(3)4)21(26)19-11-7-17(5)8-12-19/h7-16H,1-6H3,(H,23,24). The third kappa shape index (κ3) is 5.90. The van der Waals surface area contributed by atoms with E-state index >= 15 is 0 Å². The van der Waals surface area contributed by atoms with Crippen LogP contribution < -0.4 is 4.72 Å². The summed E-state index contributed by atoms with van der Waals surface area (Å²) in [5.74, 6) is -0.299. The normalized spacial score (nSPS) is 12.3. The molecular formula is C22H29N3O3S. The monoisotopic (exact) mass is 415 g/mol.